The lowest BCUT2D eigenvalue weighted by atomic mass is 10.2. The van der Waals surface area contributed by atoms with Gasteiger partial charge in [-0.25, -0.2) is 4.98 Å². The van der Waals surface area contributed by atoms with Gasteiger partial charge < -0.3 is 14.6 Å². The number of rotatable bonds is 5. The zero-order chi connectivity index (χ0) is 20.8. The molecule has 0 spiro atoms. The van der Waals surface area contributed by atoms with Gasteiger partial charge in [-0.15, -0.1) is 0 Å². The molecule has 3 heterocycles. The van der Waals surface area contributed by atoms with Crippen LogP contribution in [0.4, 0.5) is 5.95 Å². The Morgan fingerprint density at radius 1 is 1.43 bits per heavy atom. The molecule has 12 nitrogen and oxygen atoms in total. The summed E-state index contributed by atoms with van der Waals surface area (Å²) in [5, 5.41) is 21.9. The normalized spacial score (nSPS) is 12.7. The molecule has 0 saturated heterocycles. The first-order chi connectivity index (χ1) is 13.0. The van der Waals surface area contributed by atoms with E-state index in [-0.39, 0.29) is 45.5 Å². The Hall–Kier alpha value is -2.87. The Bertz CT molecular complexity index is 1110. The Labute approximate surface area is 159 Å². The molecule has 3 aromatic heterocycles. The molecular weight excluding hydrogens is 394 g/mol. The van der Waals surface area contributed by atoms with Crippen LogP contribution in [0.3, 0.4) is 0 Å². The number of aromatic amines is 1. The third-order valence-corrected chi connectivity index (χ3v) is 4.96. The second-order valence-electron chi connectivity index (χ2n) is 6.35. The number of fused-ring (bicyclic) bond motifs is 1. The van der Waals surface area contributed by atoms with Crippen molar-refractivity contribution in [2.24, 2.45) is 5.92 Å². The molecular formula is C15H19N5O7S. The topological polar surface area (TPSA) is 187 Å². The van der Waals surface area contributed by atoms with Crippen molar-refractivity contribution in [3.63, 3.8) is 0 Å². The second-order valence-corrected chi connectivity index (χ2v) is 8.42. The number of carbonyl (C=O) groups is 1. The van der Waals surface area contributed by atoms with E-state index in [0.29, 0.717) is 0 Å². The Morgan fingerprint density at radius 3 is 2.68 bits per heavy atom. The summed E-state index contributed by atoms with van der Waals surface area (Å²) < 4.78 is 26.6. The van der Waals surface area contributed by atoms with Gasteiger partial charge in [0.2, 0.25) is 17.7 Å². The molecule has 0 unspecified atom stereocenters. The van der Waals surface area contributed by atoms with Crippen LogP contribution in [0.5, 0.6) is 5.75 Å². The zero-order valence-corrected chi connectivity index (χ0v) is 15.9. The SMILES string of the molecule is CC(C)C(=O)Nc1nc2c(ncn2-c2oc(CO)c(O)c2S(C)(O)O)c(=O)[nH]1. The molecule has 3 aromatic rings. The molecule has 0 saturated carbocycles. The van der Waals surface area contributed by atoms with Gasteiger partial charge in [-0.3, -0.25) is 33.6 Å². The van der Waals surface area contributed by atoms with Crippen molar-refractivity contribution in [2.75, 3.05) is 11.6 Å². The van der Waals surface area contributed by atoms with Gasteiger partial charge in [0.15, 0.2) is 27.6 Å². The first kappa shape index (κ1) is 19.9. The Morgan fingerprint density at radius 2 is 2.11 bits per heavy atom. The minimum absolute atomic E-state index is 0.0639. The van der Waals surface area contributed by atoms with Gasteiger partial charge >= 0.3 is 0 Å². The average molecular weight is 413 g/mol. The van der Waals surface area contributed by atoms with E-state index in [1.165, 1.54) is 0 Å². The summed E-state index contributed by atoms with van der Waals surface area (Å²) in [5.41, 5.74) is -0.820. The number of H-pyrrole nitrogens is 1. The van der Waals surface area contributed by atoms with Crippen molar-refractivity contribution in [1.82, 2.24) is 19.5 Å². The fourth-order valence-electron chi connectivity index (χ4n) is 2.43. The monoisotopic (exact) mass is 413 g/mol. The largest absolute Gasteiger partial charge is 0.503 e. The van der Waals surface area contributed by atoms with E-state index in [4.69, 9.17) is 4.42 Å². The Balaban J connectivity index is 2.24. The van der Waals surface area contributed by atoms with Crippen molar-refractivity contribution < 1.29 is 28.5 Å². The van der Waals surface area contributed by atoms with Gasteiger partial charge in [0.1, 0.15) is 12.9 Å². The number of aliphatic hydroxyl groups excluding tert-OH is 1. The maximum Gasteiger partial charge on any atom is 0.280 e. The van der Waals surface area contributed by atoms with Crippen molar-refractivity contribution in [3.05, 3.63) is 22.4 Å². The van der Waals surface area contributed by atoms with Gasteiger partial charge in [-0.05, 0) is 0 Å². The lowest BCUT2D eigenvalue weighted by Crippen LogP contribution is -2.22. The van der Waals surface area contributed by atoms with E-state index in [2.05, 4.69) is 20.3 Å². The zero-order valence-electron chi connectivity index (χ0n) is 15.1. The molecule has 0 aromatic carbocycles. The van der Waals surface area contributed by atoms with E-state index < -0.39 is 28.5 Å². The average Bonchev–Trinajstić information content (AvgIpc) is 3.15. The fraction of sp³-hybridized carbons (Fsp3) is 0.333. The third-order valence-electron chi connectivity index (χ3n) is 3.82. The fourth-order valence-corrected chi connectivity index (χ4v) is 3.38. The number of hydrogen-bond donors (Lipinski definition) is 6. The number of amides is 1. The standard InChI is InChI=1S/C15H19N5O7S/c1-6(2)12(23)18-15-17-11-8(13(24)19-15)16-5-20(11)14-10(28(3,25)26)9(22)7(4-21)27-14/h5-6,21-22,25-26H,4H2,1-3H3,(H2,17,18,19,23,24). The molecule has 1 amide bonds. The smallest absolute Gasteiger partial charge is 0.280 e. The summed E-state index contributed by atoms with van der Waals surface area (Å²) in [6.07, 6.45) is 2.20. The number of furan rings is 1. The van der Waals surface area contributed by atoms with Crippen LogP contribution in [0, 0.1) is 5.92 Å². The number of imidazole rings is 1. The predicted octanol–water partition coefficient (Wildman–Crippen LogP) is 1.23. The molecule has 28 heavy (non-hydrogen) atoms. The summed E-state index contributed by atoms with van der Waals surface area (Å²) in [6, 6.07) is 0. The first-order valence-corrected chi connectivity index (χ1v) is 9.97. The molecule has 152 valence electrons. The molecule has 6 N–H and O–H groups in total. The maximum absolute atomic E-state index is 12.3. The van der Waals surface area contributed by atoms with Crippen LogP contribution in [0.1, 0.15) is 19.6 Å². The van der Waals surface area contributed by atoms with Crippen LogP contribution in [0.25, 0.3) is 17.0 Å². The summed E-state index contributed by atoms with van der Waals surface area (Å²) in [4.78, 5) is 34.2. The highest BCUT2D eigenvalue weighted by Crippen LogP contribution is 2.54. The highest BCUT2D eigenvalue weighted by Gasteiger charge is 2.30. The molecule has 13 heteroatoms. The number of aliphatic hydroxyl groups is 1. The van der Waals surface area contributed by atoms with Gasteiger partial charge in [-0.2, -0.15) is 15.6 Å². The molecule has 0 bridgehead atoms. The number of nitrogens with one attached hydrogen (secondary N) is 2. The minimum atomic E-state index is -3.49. The summed E-state index contributed by atoms with van der Waals surface area (Å²) >= 11 is 0. The number of carbonyl (C=O) groups excluding carboxylic acids is 1. The summed E-state index contributed by atoms with van der Waals surface area (Å²) in [7, 11) is -3.49. The molecule has 0 atom stereocenters. The number of hydrogen-bond acceptors (Lipinski definition) is 9. The molecule has 0 radical (unpaired) electrons. The van der Waals surface area contributed by atoms with E-state index in [1.54, 1.807) is 13.8 Å². The lowest BCUT2D eigenvalue weighted by molar-refractivity contribution is -0.118. The molecule has 0 fully saturated rings. The van der Waals surface area contributed by atoms with Crippen LogP contribution in [0.15, 0.2) is 20.4 Å². The first-order valence-electron chi connectivity index (χ1n) is 8.02. The molecule has 0 aliphatic rings. The van der Waals surface area contributed by atoms with E-state index >= 15 is 0 Å². The predicted molar refractivity (Wildman–Crippen MR) is 99.8 cm³/mol. The van der Waals surface area contributed by atoms with E-state index in [0.717, 1.165) is 17.2 Å². The molecule has 3 rings (SSSR count). The highest BCUT2D eigenvalue weighted by atomic mass is 32.3. The summed E-state index contributed by atoms with van der Waals surface area (Å²) in [5.74, 6) is -2.08. The quantitative estimate of drug-likeness (QED) is 0.357. The number of nitrogens with zero attached hydrogens (tertiary/aromatic N) is 3. The Kier molecular flexibility index (Phi) is 4.93. The lowest BCUT2D eigenvalue weighted by Gasteiger charge is -2.26. The van der Waals surface area contributed by atoms with Crippen LogP contribution in [-0.4, -0.2) is 51.0 Å². The number of aromatic nitrogens is 4. The van der Waals surface area contributed by atoms with Gasteiger partial charge in [-0.1, -0.05) is 13.8 Å². The van der Waals surface area contributed by atoms with Crippen LogP contribution in [0.2, 0.25) is 0 Å². The maximum atomic E-state index is 12.3. The third kappa shape index (κ3) is 3.35. The van der Waals surface area contributed by atoms with Gasteiger partial charge in [0.25, 0.3) is 5.56 Å². The van der Waals surface area contributed by atoms with E-state index in [9.17, 15) is 28.9 Å². The van der Waals surface area contributed by atoms with E-state index in [1.807, 2.05) is 0 Å². The van der Waals surface area contributed by atoms with Crippen LogP contribution in [-0.2, 0) is 11.4 Å². The van der Waals surface area contributed by atoms with Crippen LogP contribution < -0.4 is 10.9 Å². The molecule has 0 aliphatic carbocycles. The number of anilines is 1. The second kappa shape index (κ2) is 6.94. The van der Waals surface area contributed by atoms with Crippen molar-refractivity contribution >= 4 is 33.6 Å². The van der Waals surface area contributed by atoms with Gasteiger partial charge in [0.05, 0.1) is 0 Å². The van der Waals surface area contributed by atoms with Gasteiger partial charge in [0, 0.05) is 12.2 Å². The van der Waals surface area contributed by atoms with Crippen LogP contribution >= 0.6 is 10.6 Å². The van der Waals surface area contributed by atoms with Crippen molar-refractivity contribution in [3.8, 4) is 11.6 Å². The number of aromatic hydroxyl groups is 1. The highest BCUT2D eigenvalue weighted by molar-refractivity contribution is 8.24. The summed E-state index contributed by atoms with van der Waals surface area (Å²) in [6.45, 7) is 2.62. The minimum Gasteiger partial charge on any atom is -0.503 e. The van der Waals surface area contributed by atoms with Crippen molar-refractivity contribution in [1.29, 1.82) is 0 Å². The van der Waals surface area contributed by atoms with Crippen molar-refractivity contribution in [2.45, 2.75) is 25.3 Å². The molecule has 0 aliphatic heterocycles.